The highest BCUT2D eigenvalue weighted by molar-refractivity contribution is 5.96. The number of aryl methyl sites for hydroxylation is 3. The lowest BCUT2D eigenvalue weighted by molar-refractivity contribution is -0.117. The number of hydrogen-bond acceptors (Lipinski definition) is 3. The number of rotatable bonds is 9. The number of fused-ring (bicyclic) bond motifs is 1. The van der Waals surface area contributed by atoms with Gasteiger partial charge in [-0.2, -0.15) is 0 Å². The number of nitrogens with zero attached hydrogens (tertiary/aromatic N) is 3. The van der Waals surface area contributed by atoms with Crippen LogP contribution in [0.15, 0.2) is 72.8 Å². The van der Waals surface area contributed by atoms with Gasteiger partial charge in [-0.3, -0.25) is 4.79 Å². The number of hydrogen-bond donors (Lipinski definition) is 0. The van der Waals surface area contributed by atoms with Gasteiger partial charge in [0.15, 0.2) is 0 Å². The Morgan fingerprint density at radius 2 is 1.83 bits per heavy atom. The van der Waals surface area contributed by atoms with Crippen molar-refractivity contribution in [2.24, 2.45) is 0 Å². The molecular weight excluding hydrogens is 434 g/mol. The fourth-order valence-corrected chi connectivity index (χ4v) is 4.95. The molecule has 1 aliphatic rings. The van der Waals surface area contributed by atoms with Crippen LogP contribution in [0.25, 0.3) is 11.0 Å². The number of anilines is 1. The molecule has 4 aromatic rings. The van der Waals surface area contributed by atoms with Gasteiger partial charge in [0.1, 0.15) is 11.6 Å². The average Bonchev–Trinajstić information content (AvgIpc) is 3.44. The van der Waals surface area contributed by atoms with Gasteiger partial charge in [0.25, 0.3) is 0 Å². The average molecular weight is 468 g/mol. The third-order valence-electron chi connectivity index (χ3n) is 6.86. The summed E-state index contributed by atoms with van der Waals surface area (Å²) in [6.45, 7) is 6.44. The van der Waals surface area contributed by atoms with Crippen molar-refractivity contribution >= 4 is 22.6 Å². The Balaban J connectivity index is 1.27. The van der Waals surface area contributed by atoms with E-state index in [-0.39, 0.29) is 11.8 Å². The fourth-order valence-electron chi connectivity index (χ4n) is 4.95. The first-order valence-electron chi connectivity index (χ1n) is 12.7. The lowest BCUT2D eigenvalue weighted by Gasteiger charge is -2.18. The minimum Gasteiger partial charge on any atom is -0.494 e. The number of unbranched alkanes of at least 4 members (excludes halogenated alkanes) is 1. The van der Waals surface area contributed by atoms with Gasteiger partial charge in [-0.1, -0.05) is 43.3 Å². The van der Waals surface area contributed by atoms with E-state index in [0.717, 1.165) is 59.7 Å². The van der Waals surface area contributed by atoms with Crippen LogP contribution in [0.4, 0.5) is 5.69 Å². The van der Waals surface area contributed by atoms with E-state index < -0.39 is 0 Å². The Hall–Kier alpha value is -3.60. The summed E-state index contributed by atoms with van der Waals surface area (Å²) in [5, 5.41) is 0. The summed E-state index contributed by atoms with van der Waals surface area (Å²) < 4.78 is 8.28. The molecule has 1 aliphatic heterocycles. The molecule has 1 unspecified atom stereocenters. The van der Waals surface area contributed by atoms with E-state index in [1.807, 2.05) is 23.1 Å². The molecule has 1 aromatic heterocycles. The minimum absolute atomic E-state index is 0.0868. The van der Waals surface area contributed by atoms with Gasteiger partial charge in [0, 0.05) is 31.1 Å². The molecule has 5 rings (SSSR count). The van der Waals surface area contributed by atoms with Crippen molar-refractivity contribution in [3.8, 4) is 5.75 Å². The molecule has 1 atom stereocenters. The molecule has 3 aromatic carbocycles. The maximum absolute atomic E-state index is 12.9. The van der Waals surface area contributed by atoms with Crippen molar-refractivity contribution in [2.45, 2.75) is 52.0 Å². The summed E-state index contributed by atoms with van der Waals surface area (Å²) in [6.07, 6.45) is 3.48. The van der Waals surface area contributed by atoms with Crippen molar-refractivity contribution in [3.63, 3.8) is 0 Å². The fraction of sp³-hybridized carbons (Fsp3) is 0.333. The first-order valence-corrected chi connectivity index (χ1v) is 12.7. The van der Waals surface area contributed by atoms with E-state index >= 15 is 0 Å². The second-order valence-electron chi connectivity index (χ2n) is 9.41. The molecule has 0 spiro atoms. The Bertz CT molecular complexity index is 1310. The van der Waals surface area contributed by atoms with Crippen LogP contribution in [0.5, 0.6) is 5.75 Å². The first-order chi connectivity index (χ1) is 17.1. The van der Waals surface area contributed by atoms with Crippen molar-refractivity contribution in [3.05, 3.63) is 89.7 Å². The van der Waals surface area contributed by atoms with Crippen LogP contribution in [-0.2, 0) is 17.8 Å². The second-order valence-corrected chi connectivity index (χ2v) is 9.41. The number of imidazole rings is 1. The molecule has 35 heavy (non-hydrogen) atoms. The van der Waals surface area contributed by atoms with Crippen molar-refractivity contribution < 1.29 is 9.53 Å². The van der Waals surface area contributed by atoms with E-state index in [4.69, 9.17) is 9.72 Å². The molecule has 1 saturated heterocycles. The first kappa shape index (κ1) is 23.2. The Morgan fingerprint density at radius 3 is 2.63 bits per heavy atom. The molecule has 0 bridgehead atoms. The van der Waals surface area contributed by atoms with E-state index in [2.05, 4.69) is 73.0 Å². The van der Waals surface area contributed by atoms with Crippen molar-refractivity contribution in [2.75, 3.05) is 18.1 Å². The highest BCUT2D eigenvalue weighted by Gasteiger charge is 2.34. The number of amides is 1. The van der Waals surface area contributed by atoms with Gasteiger partial charge >= 0.3 is 0 Å². The maximum atomic E-state index is 12.9. The molecule has 0 saturated carbocycles. The molecule has 1 fully saturated rings. The predicted molar refractivity (Wildman–Crippen MR) is 141 cm³/mol. The Labute approximate surface area is 207 Å². The van der Waals surface area contributed by atoms with Gasteiger partial charge in [-0.05, 0) is 73.7 Å². The summed E-state index contributed by atoms with van der Waals surface area (Å²) in [5.41, 5.74) is 5.60. The molecular formula is C30H33N3O2. The molecule has 0 N–H and O–H groups in total. The zero-order valence-corrected chi connectivity index (χ0v) is 20.6. The van der Waals surface area contributed by atoms with Gasteiger partial charge in [0.05, 0.1) is 17.6 Å². The lowest BCUT2D eigenvalue weighted by atomic mass is 10.1. The quantitative estimate of drug-likeness (QED) is 0.272. The van der Waals surface area contributed by atoms with Crippen molar-refractivity contribution in [1.29, 1.82) is 0 Å². The number of carbonyl (C=O) groups excluding carboxylic acids is 1. The normalized spacial score (nSPS) is 15.8. The molecule has 1 amide bonds. The summed E-state index contributed by atoms with van der Waals surface area (Å²) in [5.74, 6) is 2.20. The topological polar surface area (TPSA) is 47.4 Å². The van der Waals surface area contributed by atoms with Crippen molar-refractivity contribution in [1.82, 2.24) is 9.55 Å². The molecule has 5 nitrogen and oxygen atoms in total. The number of benzene rings is 3. The third kappa shape index (κ3) is 5.09. The second kappa shape index (κ2) is 10.3. The van der Waals surface area contributed by atoms with Crippen LogP contribution < -0.4 is 9.64 Å². The summed E-state index contributed by atoms with van der Waals surface area (Å²) in [7, 11) is 0. The van der Waals surface area contributed by atoms with Gasteiger partial charge < -0.3 is 14.2 Å². The van der Waals surface area contributed by atoms with Crippen LogP contribution in [0.3, 0.4) is 0 Å². The molecule has 0 aliphatic carbocycles. The lowest BCUT2D eigenvalue weighted by Crippen LogP contribution is -2.24. The standard InChI is InChI=1S/C30H33N3O2/c1-3-23-13-15-26(16-14-23)35-18-7-6-17-32-28-12-5-4-11-27(28)31-30(32)24-20-29(34)33(21-24)25-10-8-9-22(2)19-25/h4-5,8-16,19,24H,3,6-7,17-18,20-21H2,1-2H3. The van der Waals surface area contributed by atoms with E-state index in [0.29, 0.717) is 19.6 Å². The van der Waals surface area contributed by atoms with Crippen LogP contribution in [-0.4, -0.2) is 28.6 Å². The molecule has 0 radical (unpaired) electrons. The van der Waals surface area contributed by atoms with Crippen LogP contribution in [0.1, 0.15) is 49.1 Å². The third-order valence-corrected chi connectivity index (χ3v) is 6.86. The smallest absolute Gasteiger partial charge is 0.227 e. The number of para-hydroxylation sites is 2. The molecule has 2 heterocycles. The zero-order chi connectivity index (χ0) is 24.2. The Morgan fingerprint density at radius 1 is 1.00 bits per heavy atom. The Kier molecular flexibility index (Phi) is 6.84. The number of carbonyl (C=O) groups is 1. The van der Waals surface area contributed by atoms with Gasteiger partial charge in [0.2, 0.25) is 5.91 Å². The van der Waals surface area contributed by atoms with Gasteiger partial charge in [-0.25, -0.2) is 4.98 Å². The highest BCUT2D eigenvalue weighted by atomic mass is 16.5. The SMILES string of the molecule is CCc1ccc(OCCCCn2c(C3CC(=O)N(c4cccc(C)c4)C3)nc3ccccc32)cc1. The van der Waals surface area contributed by atoms with E-state index in [9.17, 15) is 4.79 Å². The molecule has 180 valence electrons. The van der Waals surface area contributed by atoms with Crippen LogP contribution >= 0.6 is 0 Å². The zero-order valence-electron chi connectivity index (χ0n) is 20.6. The molecule has 5 heteroatoms. The summed E-state index contributed by atoms with van der Waals surface area (Å²) in [6, 6.07) is 24.8. The van der Waals surface area contributed by atoms with Crippen LogP contribution in [0, 0.1) is 6.92 Å². The van der Waals surface area contributed by atoms with Gasteiger partial charge in [-0.15, -0.1) is 0 Å². The maximum Gasteiger partial charge on any atom is 0.227 e. The highest BCUT2D eigenvalue weighted by Crippen LogP contribution is 2.33. The number of ether oxygens (including phenoxy) is 1. The summed E-state index contributed by atoms with van der Waals surface area (Å²) >= 11 is 0. The minimum atomic E-state index is 0.0868. The summed E-state index contributed by atoms with van der Waals surface area (Å²) in [4.78, 5) is 19.8. The van der Waals surface area contributed by atoms with E-state index in [1.54, 1.807) is 0 Å². The van der Waals surface area contributed by atoms with Crippen LogP contribution in [0.2, 0.25) is 0 Å². The predicted octanol–water partition coefficient (Wildman–Crippen LogP) is 6.29. The number of aromatic nitrogens is 2. The monoisotopic (exact) mass is 467 g/mol. The largest absolute Gasteiger partial charge is 0.494 e. The van der Waals surface area contributed by atoms with E-state index in [1.165, 1.54) is 5.56 Å².